The van der Waals surface area contributed by atoms with E-state index in [1.165, 1.54) is 26.0 Å². The highest BCUT2D eigenvalue weighted by Crippen LogP contribution is 2.36. The number of aromatic hydroxyl groups is 3. The van der Waals surface area contributed by atoms with Gasteiger partial charge in [0.15, 0.2) is 22.6 Å². The highest BCUT2D eigenvalue weighted by Gasteiger charge is 2.21. The monoisotopic (exact) mass is 354 g/mol. The number of benzene rings is 2. The number of ketones is 2. The average Bonchev–Trinajstić information content (AvgIpc) is 2.52. The molecular formula is C19H14O7. The molecule has 3 N–H and O–H groups in total. The van der Waals surface area contributed by atoms with Gasteiger partial charge in [-0.25, -0.2) is 0 Å². The van der Waals surface area contributed by atoms with Gasteiger partial charge in [-0.15, -0.1) is 0 Å². The predicted molar refractivity (Wildman–Crippen MR) is 92.9 cm³/mol. The Morgan fingerprint density at radius 1 is 0.923 bits per heavy atom. The lowest BCUT2D eigenvalue weighted by Crippen LogP contribution is -2.06. The fourth-order valence-corrected chi connectivity index (χ4v) is 2.83. The second-order valence-electron chi connectivity index (χ2n) is 5.81. The molecule has 0 aliphatic heterocycles. The first kappa shape index (κ1) is 17.2. The van der Waals surface area contributed by atoms with E-state index < -0.39 is 17.0 Å². The van der Waals surface area contributed by atoms with Gasteiger partial charge in [-0.05, 0) is 32.0 Å². The van der Waals surface area contributed by atoms with E-state index in [0.29, 0.717) is 0 Å². The van der Waals surface area contributed by atoms with E-state index in [1.54, 1.807) is 0 Å². The van der Waals surface area contributed by atoms with Crippen molar-refractivity contribution < 1.29 is 29.3 Å². The Labute approximate surface area is 146 Å². The van der Waals surface area contributed by atoms with Crippen molar-refractivity contribution in [3.8, 4) is 28.6 Å². The van der Waals surface area contributed by atoms with Gasteiger partial charge in [0.25, 0.3) is 0 Å². The van der Waals surface area contributed by atoms with E-state index >= 15 is 0 Å². The van der Waals surface area contributed by atoms with E-state index in [4.69, 9.17) is 4.42 Å². The van der Waals surface area contributed by atoms with Crippen LogP contribution in [0.2, 0.25) is 0 Å². The van der Waals surface area contributed by atoms with Crippen molar-refractivity contribution in [2.75, 3.05) is 0 Å². The zero-order valence-corrected chi connectivity index (χ0v) is 13.9. The van der Waals surface area contributed by atoms with Crippen molar-refractivity contribution in [2.24, 2.45) is 0 Å². The Kier molecular flexibility index (Phi) is 4.00. The number of carbonyl (C=O) groups is 2. The van der Waals surface area contributed by atoms with Gasteiger partial charge in [-0.2, -0.15) is 0 Å². The number of rotatable bonds is 3. The number of phenols is 3. The largest absolute Gasteiger partial charge is 0.508 e. The Hall–Kier alpha value is -3.61. The molecule has 0 radical (unpaired) electrons. The summed E-state index contributed by atoms with van der Waals surface area (Å²) < 4.78 is 5.65. The van der Waals surface area contributed by atoms with Crippen molar-refractivity contribution in [3.05, 3.63) is 51.7 Å². The van der Waals surface area contributed by atoms with E-state index in [0.717, 1.165) is 18.2 Å². The van der Waals surface area contributed by atoms with Crippen molar-refractivity contribution in [1.29, 1.82) is 0 Å². The normalized spacial score (nSPS) is 10.8. The van der Waals surface area contributed by atoms with Crippen LogP contribution in [0.25, 0.3) is 22.3 Å². The van der Waals surface area contributed by atoms with Crippen LogP contribution in [0, 0.1) is 0 Å². The van der Waals surface area contributed by atoms with Crippen LogP contribution in [0.5, 0.6) is 17.2 Å². The molecule has 132 valence electrons. The van der Waals surface area contributed by atoms with Gasteiger partial charge in [0.2, 0.25) is 0 Å². The smallest absolute Gasteiger partial charge is 0.197 e. The van der Waals surface area contributed by atoms with Crippen LogP contribution in [-0.4, -0.2) is 26.9 Å². The molecular weight excluding hydrogens is 340 g/mol. The highest BCUT2D eigenvalue weighted by atomic mass is 16.3. The van der Waals surface area contributed by atoms with Crippen LogP contribution in [0.1, 0.15) is 34.6 Å². The van der Waals surface area contributed by atoms with Crippen molar-refractivity contribution in [1.82, 2.24) is 0 Å². The number of hydrogen-bond acceptors (Lipinski definition) is 7. The first-order chi connectivity index (χ1) is 12.2. The maximum atomic E-state index is 12.5. The standard InChI is InChI=1S/C19H14O7/c1-8(20)11-3-4-13(23)18-15(25)7-16(26-19(11)18)12-5-10(22)6-14(24)17(12)9(2)21/h3-7,22-24H,1-2H3. The van der Waals surface area contributed by atoms with E-state index in [1.807, 2.05) is 0 Å². The Balaban J connectivity index is 2.46. The van der Waals surface area contributed by atoms with E-state index in [2.05, 4.69) is 0 Å². The van der Waals surface area contributed by atoms with Crippen LogP contribution in [-0.2, 0) is 0 Å². The Morgan fingerprint density at radius 3 is 2.23 bits per heavy atom. The molecule has 0 aliphatic rings. The van der Waals surface area contributed by atoms with Gasteiger partial charge in [0.1, 0.15) is 28.4 Å². The molecule has 0 unspecified atom stereocenters. The number of phenolic OH excluding ortho intramolecular Hbond substituents is 3. The summed E-state index contributed by atoms with van der Waals surface area (Å²) in [6, 6.07) is 5.71. The molecule has 0 saturated carbocycles. The fourth-order valence-electron chi connectivity index (χ4n) is 2.83. The lowest BCUT2D eigenvalue weighted by Gasteiger charge is -2.11. The first-order valence-electron chi connectivity index (χ1n) is 7.58. The van der Waals surface area contributed by atoms with Gasteiger partial charge in [-0.3, -0.25) is 14.4 Å². The topological polar surface area (TPSA) is 125 Å². The minimum absolute atomic E-state index is 0.00755. The third-order valence-electron chi connectivity index (χ3n) is 3.96. The number of fused-ring (bicyclic) bond motifs is 1. The molecule has 26 heavy (non-hydrogen) atoms. The first-order valence-corrected chi connectivity index (χ1v) is 7.58. The summed E-state index contributed by atoms with van der Waals surface area (Å²) in [6.45, 7) is 2.49. The molecule has 7 nitrogen and oxygen atoms in total. The minimum Gasteiger partial charge on any atom is -0.508 e. The van der Waals surface area contributed by atoms with Crippen molar-refractivity contribution in [3.63, 3.8) is 0 Å². The maximum absolute atomic E-state index is 12.5. The number of hydrogen-bond donors (Lipinski definition) is 3. The zero-order valence-electron chi connectivity index (χ0n) is 13.9. The molecule has 1 aromatic heterocycles. The zero-order chi connectivity index (χ0) is 19.2. The summed E-state index contributed by atoms with van der Waals surface area (Å²) in [5, 5.41) is 29.5. The van der Waals surface area contributed by atoms with Crippen LogP contribution in [0.3, 0.4) is 0 Å². The molecule has 0 bridgehead atoms. The van der Waals surface area contributed by atoms with Gasteiger partial charge in [0.05, 0.1) is 11.1 Å². The molecule has 7 heteroatoms. The van der Waals surface area contributed by atoms with E-state index in [9.17, 15) is 29.7 Å². The summed E-state index contributed by atoms with van der Waals surface area (Å²) >= 11 is 0. The quantitative estimate of drug-likeness (QED) is 0.617. The van der Waals surface area contributed by atoms with Crippen molar-refractivity contribution >= 4 is 22.5 Å². The number of carbonyl (C=O) groups excluding carboxylic acids is 2. The minimum atomic E-state index is -0.640. The van der Waals surface area contributed by atoms with E-state index in [-0.39, 0.29) is 50.7 Å². The molecule has 0 spiro atoms. The molecule has 3 aromatic rings. The summed E-state index contributed by atoms with van der Waals surface area (Å²) in [5.74, 6) is -2.20. The van der Waals surface area contributed by atoms with Crippen molar-refractivity contribution in [2.45, 2.75) is 13.8 Å². The Bertz CT molecular complexity index is 1140. The number of Topliss-reactive ketones (excluding diaryl/α,β-unsaturated/α-hetero) is 2. The summed E-state index contributed by atoms with van der Waals surface area (Å²) in [6.07, 6.45) is 0. The van der Waals surface area contributed by atoms with Gasteiger partial charge in [0, 0.05) is 17.7 Å². The van der Waals surface area contributed by atoms with Crippen LogP contribution < -0.4 is 5.43 Å². The Morgan fingerprint density at radius 2 is 1.62 bits per heavy atom. The van der Waals surface area contributed by atoms with Crippen LogP contribution >= 0.6 is 0 Å². The second kappa shape index (κ2) is 6.03. The molecule has 0 fully saturated rings. The SMILES string of the molecule is CC(=O)c1c(O)cc(O)cc1-c1cc(=O)c2c(O)ccc(C(C)=O)c2o1. The molecule has 0 atom stereocenters. The highest BCUT2D eigenvalue weighted by molar-refractivity contribution is 6.07. The lowest BCUT2D eigenvalue weighted by molar-refractivity contribution is 0.100. The molecule has 0 aliphatic carbocycles. The summed E-state index contributed by atoms with van der Waals surface area (Å²) in [7, 11) is 0. The molecule has 2 aromatic carbocycles. The third kappa shape index (κ3) is 2.69. The predicted octanol–water partition coefficient (Wildman–Crippen LogP) is 2.98. The van der Waals surface area contributed by atoms with Gasteiger partial charge >= 0.3 is 0 Å². The van der Waals surface area contributed by atoms with Crippen LogP contribution in [0.4, 0.5) is 0 Å². The van der Waals surface area contributed by atoms with Gasteiger partial charge < -0.3 is 19.7 Å². The molecule has 0 amide bonds. The van der Waals surface area contributed by atoms with Gasteiger partial charge in [-0.1, -0.05) is 0 Å². The molecule has 3 rings (SSSR count). The average molecular weight is 354 g/mol. The third-order valence-corrected chi connectivity index (χ3v) is 3.96. The summed E-state index contributed by atoms with van der Waals surface area (Å²) in [5.41, 5.74) is -0.858. The fraction of sp³-hybridized carbons (Fsp3) is 0.105. The summed E-state index contributed by atoms with van der Waals surface area (Å²) in [4.78, 5) is 36.2. The van der Waals surface area contributed by atoms with Crippen LogP contribution in [0.15, 0.2) is 39.5 Å². The second-order valence-corrected chi connectivity index (χ2v) is 5.81. The molecule has 1 heterocycles. The molecule has 0 saturated heterocycles. The lowest BCUT2D eigenvalue weighted by atomic mass is 9.99. The maximum Gasteiger partial charge on any atom is 0.197 e.